The minimum absolute atomic E-state index is 0.801. The van der Waals surface area contributed by atoms with Gasteiger partial charge in [-0.05, 0) is 24.8 Å². The monoisotopic (exact) mass is 292 g/mol. The minimum Gasteiger partial charge on any atom is -0.380 e. The first-order valence-corrected chi connectivity index (χ1v) is 8.03. The molecule has 108 valence electrons. The highest BCUT2D eigenvalue weighted by Crippen LogP contribution is 2.25. The summed E-state index contributed by atoms with van der Waals surface area (Å²) in [6.07, 6.45) is 1.08. The van der Waals surface area contributed by atoms with E-state index in [1.165, 1.54) is 0 Å². The lowest BCUT2D eigenvalue weighted by molar-refractivity contribution is 0.140. The van der Waals surface area contributed by atoms with Gasteiger partial charge < -0.3 is 10.1 Å². The van der Waals surface area contributed by atoms with E-state index in [1.807, 2.05) is 0 Å². The van der Waals surface area contributed by atoms with Gasteiger partial charge in [-0.15, -0.1) is 11.3 Å². The standard InChI is InChI=1S/C14H20N4OS/c1-2-15-13-11-4-9-20-14(11)17-12(16-13)10-18-5-3-7-19-8-6-18/h4,9H,2-3,5-8,10H2,1H3,(H,15,16,17). The number of ether oxygens (including phenoxy) is 1. The van der Waals surface area contributed by atoms with Crippen LogP contribution in [0.3, 0.4) is 0 Å². The van der Waals surface area contributed by atoms with Crippen molar-refractivity contribution in [2.75, 3.05) is 38.2 Å². The number of rotatable bonds is 4. The van der Waals surface area contributed by atoms with Gasteiger partial charge in [0.2, 0.25) is 0 Å². The van der Waals surface area contributed by atoms with Crippen LogP contribution in [0.15, 0.2) is 11.4 Å². The third kappa shape index (κ3) is 3.08. The minimum atomic E-state index is 0.801. The molecule has 0 bridgehead atoms. The van der Waals surface area contributed by atoms with Gasteiger partial charge in [-0.25, -0.2) is 9.97 Å². The van der Waals surface area contributed by atoms with Crippen LogP contribution in [0, 0.1) is 0 Å². The fraction of sp³-hybridized carbons (Fsp3) is 0.571. The molecule has 0 unspecified atom stereocenters. The Bertz CT molecular complexity index is 563. The van der Waals surface area contributed by atoms with E-state index in [9.17, 15) is 0 Å². The molecule has 0 spiro atoms. The zero-order valence-corrected chi connectivity index (χ0v) is 12.6. The molecule has 1 aliphatic rings. The Kier molecular flexibility index (Phi) is 4.44. The maximum Gasteiger partial charge on any atom is 0.146 e. The number of aromatic nitrogens is 2. The van der Waals surface area contributed by atoms with Crippen molar-refractivity contribution in [1.29, 1.82) is 0 Å². The van der Waals surface area contributed by atoms with E-state index >= 15 is 0 Å². The van der Waals surface area contributed by atoms with Crippen molar-refractivity contribution in [3.05, 3.63) is 17.3 Å². The van der Waals surface area contributed by atoms with Crippen LogP contribution in [0.2, 0.25) is 0 Å². The zero-order valence-electron chi connectivity index (χ0n) is 11.8. The van der Waals surface area contributed by atoms with Gasteiger partial charge in [0.15, 0.2) is 0 Å². The van der Waals surface area contributed by atoms with Crippen molar-refractivity contribution in [1.82, 2.24) is 14.9 Å². The second-order valence-electron chi connectivity index (χ2n) is 4.90. The van der Waals surface area contributed by atoms with Crippen LogP contribution in [-0.4, -0.2) is 47.7 Å². The van der Waals surface area contributed by atoms with Gasteiger partial charge in [0.25, 0.3) is 0 Å². The van der Waals surface area contributed by atoms with Gasteiger partial charge >= 0.3 is 0 Å². The topological polar surface area (TPSA) is 50.3 Å². The summed E-state index contributed by atoms with van der Waals surface area (Å²) in [6, 6.07) is 2.08. The van der Waals surface area contributed by atoms with Gasteiger partial charge in [0.05, 0.1) is 18.5 Å². The van der Waals surface area contributed by atoms with Crippen molar-refractivity contribution in [3.8, 4) is 0 Å². The molecule has 0 amide bonds. The van der Waals surface area contributed by atoms with Crippen LogP contribution < -0.4 is 5.32 Å². The number of nitrogens with zero attached hydrogens (tertiary/aromatic N) is 3. The summed E-state index contributed by atoms with van der Waals surface area (Å²) < 4.78 is 5.49. The van der Waals surface area contributed by atoms with Crippen LogP contribution in [0.25, 0.3) is 10.2 Å². The molecule has 0 aliphatic carbocycles. The SMILES string of the molecule is CCNc1nc(CN2CCCOCC2)nc2sccc12. The molecule has 5 nitrogen and oxygen atoms in total. The van der Waals surface area contributed by atoms with E-state index in [0.717, 1.165) is 67.7 Å². The lowest BCUT2D eigenvalue weighted by Gasteiger charge is -2.18. The van der Waals surface area contributed by atoms with E-state index in [2.05, 4.69) is 38.6 Å². The quantitative estimate of drug-likeness (QED) is 0.937. The highest BCUT2D eigenvalue weighted by atomic mass is 32.1. The Morgan fingerprint density at radius 1 is 1.35 bits per heavy atom. The molecule has 2 aromatic rings. The van der Waals surface area contributed by atoms with Gasteiger partial charge in [-0.3, -0.25) is 4.90 Å². The molecule has 0 atom stereocenters. The zero-order chi connectivity index (χ0) is 13.8. The van der Waals surface area contributed by atoms with Crippen LogP contribution in [-0.2, 0) is 11.3 Å². The van der Waals surface area contributed by atoms with Crippen LogP contribution in [0.1, 0.15) is 19.2 Å². The molecule has 0 saturated carbocycles. The Balaban J connectivity index is 1.82. The maximum atomic E-state index is 5.49. The predicted octanol–water partition coefficient (Wildman–Crippen LogP) is 2.35. The Morgan fingerprint density at radius 2 is 2.30 bits per heavy atom. The second kappa shape index (κ2) is 6.47. The number of fused-ring (bicyclic) bond motifs is 1. The molecule has 1 fully saturated rings. The average Bonchev–Trinajstić information content (AvgIpc) is 2.77. The highest BCUT2D eigenvalue weighted by molar-refractivity contribution is 7.16. The summed E-state index contributed by atoms with van der Waals surface area (Å²) >= 11 is 1.67. The van der Waals surface area contributed by atoms with E-state index in [0.29, 0.717) is 0 Å². The molecule has 0 aromatic carbocycles. The van der Waals surface area contributed by atoms with Crippen molar-refractivity contribution in [2.24, 2.45) is 0 Å². The Labute approximate surface area is 123 Å². The maximum absolute atomic E-state index is 5.49. The third-order valence-electron chi connectivity index (χ3n) is 3.40. The molecule has 6 heteroatoms. The predicted molar refractivity (Wildman–Crippen MR) is 82.3 cm³/mol. The van der Waals surface area contributed by atoms with E-state index < -0.39 is 0 Å². The number of nitrogens with one attached hydrogen (secondary N) is 1. The van der Waals surface area contributed by atoms with E-state index in [1.54, 1.807) is 11.3 Å². The average molecular weight is 292 g/mol. The summed E-state index contributed by atoms with van der Waals surface area (Å²) in [5.41, 5.74) is 0. The van der Waals surface area contributed by atoms with Gasteiger partial charge in [-0.1, -0.05) is 0 Å². The molecule has 3 rings (SSSR count). The smallest absolute Gasteiger partial charge is 0.146 e. The second-order valence-corrected chi connectivity index (χ2v) is 5.79. The largest absolute Gasteiger partial charge is 0.380 e. The molecule has 1 saturated heterocycles. The van der Waals surface area contributed by atoms with Gasteiger partial charge in [0, 0.05) is 26.2 Å². The van der Waals surface area contributed by atoms with Crippen molar-refractivity contribution in [3.63, 3.8) is 0 Å². The fourth-order valence-corrected chi connectivity index (χ4v) is 3.21. The summed E-state index contributed by atoms with van der Waals surface area (Å²) in [4.78, 5) is 12.8. The summed E-state index contributed by atoms with van der Waals surface area (Å²) in [6.45, 7) is 7.46. The van der Waals surface area contributed by atoms with E-state index in [4.69, 9.17) is 4.74 Å². The van der Waals surface area contributed by atoms with Crippen molar-refractivity contribution in [2.45, 2.75) is 19.9 Å². The first-order chi connectivity index (χ1) is 9.86. The summed E-state index contributed by atoms with van der Waals surface area (Å²) in [7, 11) is 0. The molecule has 2 aromatic heterocycles. The molecule has 1 N–H and O–H groups in total. The Morgan fingerprint density at radius 3 is 3.20 bits per heavy atom. The molecular formula is C14H20N4OS. The van der Waals surface area contributed by atoms with Crippen LogP contribution in [0.4, 0.5) is 5.82 Å². The first kappa shape index (κ1) is 13.7. The number of anilines is 1. The summed E-state index contributed by atoms with van der Waals surface area (Å²) in [5.74, 6) is 1.86. The summed E-state index contributed by atoms with van der Waals surface area (Å²) in [5, 5.41) is 6.54. The fourth-order valence-electron chi connectivity index (χ4n) is 2.43. The highest BCUT2D eigenvalue weighted by Gasteiger charge is 2.13. The van der Waals surface area contributed by atoms with Crippen molar-refractivity contribution >= 4 is 27.4 Å². The van der Waals surface area contributed by atoms with Gasteiger partial charge in [-0.2, -0.15) is 0 Å². The van der Waals surface area contributed by atoms with Crippen LogP contribution in [0.5, 0.6) is 0 Å². The molecule has 3 heterocycles. The third-order valence-corrected chi connectivity index (χ3v) is 4.20. The van der Waals surface area contributed by atoms with Crippen molar-refractivity contribution < 1.29 is 4.74 Å². The van der Waals surface area contributed by atoms with Crippen LogP contribution >= 0.6 is 11.3 Å². The number of thiophene rings is 1. The van der Waals surface area contributed by atoms with Gasteiger partial charge in [0.1, 0.15) is 16.5 Å². The van der Waals surface area contributed by atoms with E-state index in [-0.39, 0.29) is 0 Å². The number of hydrogen-bond acceptors (Lipinski definition) is 6. The lowest BCUT2D eigenvalue weighted by atomic mass is 10.3. The molecule has 20 heavy (non-hydrogen) atoms. The Hall–Kier alpha value is -1.24. The molecular weight excluding hydrogens is 272 g/mol. The molecule has 1 aliphatic heterocycles. The first-order valence-electron chi connectivity index (χ1n) is 7.15. The molecule has 0 radical (unpaired) electrons. The normalized spacial score (nSPS) is 17.2. The number of hydrogen-bond donors (Lipinski definition) is 1. The lowest BCUT2D eigenvalue weighted by Crippen LogP contribution is -2.27.